The second-order valence-corrected chi connectivity index (χ2v) is 3.31. The summed E-state index contributed by atoms with van der Waals surface area (Å²) in [4.78, 5) is 15.7. The van der Waals surface area contributed by atoms with E-state index < -0.39 is 25.0 Å². The molecule has 2 amide bonds. The first-order valence-corrected chi connectivity index (χ1v) is 4.70. The molecule has 90 valence electrons. The molecule has 1 saturated heterocycles. The topological polar surface area (TPSA) is 80.6 Å². The molecule has 0 aromatic carbocycles. The summed E-state index contributed by atoms with van der Waals surface area (Å²) in [7, 11) is 0. The molecule has 0 atom stereocenters. The Morgan fingerprint density at radius 2 is 2.38 bits per heavy atom. The van der Waals surface area contributed by atoms with E-state index in [0.717, 1.165) is 17.6 Å². The molecule has 0 aromatic rings. The number of nitrogens with one attached hydrogen (secondary N) is 3. The van der Waals surface area contributed by atoms with Gasteiger partial charge in [-0.2, -0.15) is 0 Å². The fourth-order valence-electron chi connectivity index (χ4n) is 1.29. The number of aliphatic imine (C=N–C) groups is 1. The molecule has 0 spiro atoms. The average Bonchev–Trinajstić information content (AvgIpc) is 2.39. The minimum absolute atomic E-state index is 0.208. The number of carbonyl (C=O) groups is 1. The van der Waals surface area contributed by atoms with Crippen LogP contribution in [0, 0.1) is 5.41 Å². The van der Waals surface area contributed by atoms with E-state index in [1.807, 2.05) is 0 Å². The molecule has 0 radical (unpaired) electrons. The molecule has 1 aliphatic heterocycles. The van der Waals surface area contributed by atoms with E-state index in [1.54, 1.807) is 0 Å². The first kappa shape index (κ1) is 12.5. The van der Waals surface area contributed by atoms with Crippen molar-refractivity contribution in [1.82, 2.24) is 15.5 Å². The maximum atomic E-state index is 13.1. The van der Waals surface area contributed by atoms with Gasteiger partial charge in [0.15, 0.2) is 0 Å². The summed E-state index contributed by atoms with van der Waals surface area (Å²) >= 11 is 0. The van der Waals surface area contributed by atoms with Crippen molar-refractivity contribution in [2.75, 3.05) is 26.2 Å². The molecule has 0 aliphatic carbocycles. The number of carbonyl (C=O) groups excluding carboxylic acids is 1. The lowest BCUT2D eigenvalue weighted by Crippen LogP contribution is -2.45. The lowest BCUT2D eigenvalue weighted by molar-refractivity contribution is -0.0101. The highest BCUT2D eigenvalue weighted by Crippen LogP contribution is 2.15. The van der Waals surface area contributed by atoms with Crippen molar-refractivity contribution in [2.24, 2.45) is 4.99 Å². The molecule has 1 aliphatic rings. The predicted octanol–water partition coefficient (Wildman–Crippen LogP) is -0.128. The first-order valence-electron chi connectivity index (χ1n) is 4.70. The van der Waals surface area contributed by atoms with Crippen LogP contribution in [0.5, 0.6) is 0 Å². The van der Waals surface area contributed by atoms with Crippen molar-refractivity contribution in [3.8, 4) is 0 Å². The van der Waals surface area contributed by atoms with Gasteiger partial charge in [-0.25, -0.2) is 18.6 Å². The van der Waals surface area contributed by atoms with Crippen LogP contribution >= 0.6 is 0 Å². The van der Waals surface area contributed by atoms with Gasteiger partial charge in [-0.1, -0.05) is 0 Å². The largest absolute Gasteiger partial charge is 0.322 e. The van der Waals surface area contributed by atoms with Gasteiger partial charge >= 0.3 is 6.03 Å². The Hall–Kier alpha value is -1.57. The minimum Gasteiger partial charge on any atom is -0.317 e. The van der Waals surface area contributed by atoms with Crippen molar-refractivity contribution in [3.05, 3.63) is 0 Å². The van der Waals surface area contributed by atoms with Crippen LogP contribution in [0.1, 0.15) is 0 Å². The Labute approximate surface area is 91.2 Å². The average molecular weight is 233 g/mol. The van der Waals surface area contributed by atoms with Gasteiger partial charge in [0.25, 0.3) is 5.92 Å². The van der Waals surface area contributed by atoms with E-state index in [9.17, 15) is 13.6 Å². The van der Waals surface area contributed by atoms with Crippen LogP contribution in [0.3, 0.4) is 0 Å². The fraction of sp³-hybridized carbons (Fsp3) is 0.625. The Morgan fingerprint density at radius 3 is 3.06 bits per heavy atom. The number of alkyl halides is 2. The van der Waals surface area contributed by atoms with E-state index in [1.165, 1.54) is 0 Å². The molecule has 0 aromatic heterocycles. The molecule has 1 fully saturated rings. The molecular weight excluding hydrogens is 220 g/mol. The van der Waals surface area contributed by atoms with Crippen molar-refractivity contribution >= 4 is 18.7 Å². The highest BCUT2D eigenvalue weighted by molar-refractivity contribution is 5.88. The number of hydrogen-bond donors (Lipinski definition) is 3. The second-order valence-electron chi connectivity index (χ2n) is 3.31. The number of rotatable bonds is 2. The Morgan fingerprint density at radius 1 is 1.62 bits per heavy atom. The van der Waals surface area contributed by atoms with Gasteiger partial charge < -0.3 is 10.2 Å². The van der Waals surface area contributed by atoms with Crippen LogP contribution in [0.25, 0.3) is 0 Å². The van der Waals surface area contributed by atoms with Crippen molar-refractivity contribution in [1.29, 1.82) is 5.41 Å². The summed E-state index contributed by atoms with van der Waals surface area (Å²) in [5.41, 5.74) is 0. The van der Waals surface area contributed by atoms with Crippen LogP contribution in [0.15, 0.2) is 4.99 Å². The maximum absolute atomic E-state index is 13.1. The highest BCUT2D eigenvalue weighted by atomic mass is 19.3. The van der Waals surface area contributed by atoms with E-state index in [-0.39, 0.29) is 6.54 Å². The van der Waals surface area contributed by atoms with Gasteiger partial charge in [-0.05, 0) is 0 Å². The molecule has 0 bridgehead atoms. The molecule has 0 saturated carbocycles. The number of nitrogens with zero attached hydrogens (tertiary/aromatic N) is 2. The van der Waals surface area contributed by atoms with Gasteiger partial charge in [0.1, 0.15) is 6.34 Å². The van der Waals surface area contributed by atoms with E-state index in [0.29, 0.717) is 6.54 Å². The molecule has 3 N–H and O–H groups in total. The maximum Gasteiger partial charge on any atom is 0.322 e. The van der Waals surface area contributed by atoms with Crippen LogP contribution in [-0.2, 0) is 0 Å². The summed E-state index contributed by atoms with van der Waals surface area (Å²) in [5, 5.41) is 11.3. The van der Waals surface area contributed by atoms with Crippen LogP contribution in [0.2, 0.25) is 0 Å². The molecular formula is C8H13F2N5O. The molecule has 8 heteroatoms. The zero-order chi connectivity index (χ0) is 12.0. The third-order valence-corrected chi connectivity index (χ3v) is 1.99. The minimum atomic E-state index is -2.92. The van der Waals surface area contributed by atoms with Crippen LogP contribution in [0.4, 0.5) is 13.6 Å². The summed E-state index contributed by atoms with van der Waals surface area (Å²) in [6.45, 7) is -0.514. The number of hydrogen-bond acceptors (Lipinski definition) is 3. The van der Waals surface area contributed by atoms with Crippen molar-refractivity contribution in [2.45, 2.75) is 5.92 Å². The molecule has 1 heterocycles. The van der Waals surface area contributed by atoms with Gasteiger partial charge in [-0.3, -0.25) is 10.7 Å². The third kappa shape index (κ3) is 3.89. The van der Waals surface area contributed by atoms with Crippen molar-refractivity contribution in [3.63, 3.8) is 0 Å². The SMILES string of the molecule is N=CN=CNC(=O)N1CCNCC(F)(F)C1. The third-order valence-electron chi connectivity index (χ3n) is 1.99. The normalized spacial score (nSPS) is 20.5. The van der Waals surface area contributed by atoms with Gasteiger partial charge in [-0.15, -0.1) is 0 Å². The number of halogens is 2. The molecule has 1 rings (SSSR count). The number of urea groups is 1. The zero-order valence-corrected chi connectivity index (χ0v) is 8.54. The Balaban J connectivity index is 2.53. The summed E-state index contributed by atoms with van der Waals surface area (Å²) < 4.78 is 26.2. The van der Waals surface area contributed by atoms with Gasteiger partial charge in [0.2, 0.25) is 0 Å². The summed E-state index contributed by atoms with van der Waals surface area (Å²) in [6.07, 6.45) is 1.73. The smallest absolute Gasteiger partial charge is 0.317 e. The highest BCUT2D eigenvalue weighted by Gasteiger charge is 2.35. The predicted molar refractivity (Wildman–Crippen MR) is 55.2 cm³/mol. The van der Waals surface area contributed by atoms with Gasteiger partial charge in [0.05, 0.1) is 19.4 Å². The molecule has 16 heavy (non-hydrogen) atoms. The zero-order valence-electron chi connectivity index (χ0n) is 8.54. The lowest BCUT2D eigenvalue weighted by atomic mass is 10.3. The summed E-state index contributed by atoms with van der Waals surface area (Å²) in [6, 6.07) is -0.644. The van der Waals surface area contributed by atoms with Crippen LogP contribution < -0.4 is 10.6 Å². The summed E-state index contributed by atoms with van der Waals surface area (Å²) in [5.74, 6) is -2.92. The van der Waals surface area contributed by atoms with E-state index in [4.69, 9.17) is 5.41 Å². The Bertz CT molecular complexity index is 294. The van der Waals surface area contributed by atoms with E-state index in [2.05, 4.69) is 15.6 Å². The van der Waals surface area contributed by atoms with Crippen LogP contribution in [-0.4, -0.2) is 55.7 Å². The molecule has 0 unspecified atom stereocenters. The second kappa shape index (κ2) is 5.50. The standard InChI is InChI=1S/C8H13F2N5O/c9-8(10)3-12-1-2-15(4-8)7(16)14-6-13-5-11/h5-6,12H,1-4H2,(H2,11,13,14,16). The van der Waals surface area contributed by atoms with E-state index >= 15 is 0 Å². The quantitative estimate of drug-likeness (QED) is 0.459. The lowest BCUT2D eigenvalue weighted by Gasteiger charge is -2.22. The van der Waals surface area contributed by atoms with Gasteiger partial charge in [0, 0.05) is 13.1 Å². The molecule has 6 nitrogen and oxygen atoms in total. The first-order chi connectivity index (χ1) is 7.55. The number of amides is 2. The fourth-order valence-corrected chi connectivity index (χ4v) is 1.29. The van der Waals surface area contributed by atoms with Crippen molar-refractivity contribution < 1.29 is 13.6 Å². The monoisotopic (exact) mass is 233 g/mol. The Kier molecular flexibility index (Phi) is 4.29.